The molecule has 1 aliphatic heterocycles. The lowest BCUT2D eigenvalue weighted by molar-refractivity contribution is -0.161. The van der Waals surface area contributed by atoms with E-state index in [4.69, 9.17) is 4.84 Å². The number of benzene rings is 1. The molecule has 1 heterocycles. The van der Waals surface area contributed by atoms with Gasteiger partial charge < -0.3 is 0 Å². The second kappa shape index (κ2) is 3.58. The van der Waals surface area contributed by atoms with E-state index in [0.717, 1.165) is 18.4 Å². The summed E-state index contributed by atoms with van der Waals surface area (Å²) in [4.78, 5) is 15.7. The molecule has 0 bridgehead atoms. The number of hydroxylamine groups is 2. The van der Waals surface area contributed by atoms with Crippen molar-refractivity contribution in [2.24, 2.45) is 0 Å². The highest BCUT2D eigenvalue weighted by Gasteiger charge is 2.25. The van der Waals surface area contributed by atoms with Gasteiger partial charge in [-0.1, -0.05) is 30.3 Å². The Morgan fingerprint density at radius 2 is 2.15 bits per heavy atom. The first-order valence-corrected chi connectivity index (χ1v) is 4.33. The van der Waals surface area contributed by atoms with Crippen LogP contribution in [0.3, 0.4) is 0 Å². The van der Waals surface area contributed by atoms with Crippen molar-refractivity contribution in [1.29, 1.82) is 0 Å². The molecule has 0 aromatic heterocycles. The summed E-state index contributed by atoms with van der Waals surface area (Å²) in [5, 5.41) is 1.38. The zero-order valence-electron chi connectivity index (χ0n) is 7.22. The van der Waals surface area contributed by atoms with Crippen molar-refractivity contribution in [2.75, 3.05) is 6.61 Å². The van der Waals surface area contributed by atoms with Crippen molar-refractivity contribution in [3.8, 4) is 0 Å². The molecule has 0 N–H and O–H groups in total. The molecule has 3 nitrogen and oxygen atoms in total. The minimum Gasteiger partial charge on any atom is -0.276 e. The van der Waals surface area contributed by atoms with Gasteiger partial charge in [0.25, 0.3) is 0 Å². The second-order valence-electron chi connectivity index (χ2n) is 3.01. The third kappa shape index (κ3) is 1.55. The Morgan fingerprint density at radius 3 is 2.85 bits per heavy atom. The summed E-state index contributed by atoms with van der Waals surface area (Å²) in [7, 11) is 0. The van der Waals surface area contributed by atoms with Gasteiger partial charge in [0.2, 0.25) is 6.41 Å². The van der Waals surface area contributed by atoms with Gasteiger partial charge in [0.1, 0.15) is 0 Å². The number of hydrogen-bond acceptors (Lipinski definition) is 2. The zero-order chi connectivity index (χ0) is 9.10. The van der Waals surface area contributed by atoms with E-state index in [-0.39, 0.29) is 6.04 Å². The number of rotatable bonds is 2. The number of hydrogen-bond donors (Lipinski definition) is 0. The zero-order valence-corrected chi connectivity index (χ0v) is 7.22. The summed E-state index contributed by atoms with van der Waals surface area (Å²) in [5.74, 6) is 0. The fourth-order valence-corrected chi connectivity index (χ4v) is 1.58. The first-order valence-electron chi connectivity index (χ1n) is 4.33. The van der Waals surface area contributed by atoms with E-state index in [2.05, 4.69) is 0 Å². The molecule has 68 valence electrons. The topological polar surface area (TPSA) is 29.5 Å². The molecule has 2 rings (SSSR count). The van der Waals surface area contributed by atoms with Crippen molar-refractivity contribution >= 4 is 6.41 Å². The van der Waals surface area contributed by atoms with Crippen LogP contribution in [0, 0.1) is 0 Å². The summed E-state index contributed by atoms with van der Waals surface area (Å²) < 4.78 is 0. The number of carbonyl (C=O) groups excluding carboxylic acids is 1. The van der Waals surface area contributed by atoms with Gasteiger partial charge in [-0.05, 0) is 5.56 Å². The van der Waals surface area contributed by atoms with Crippen molar-refractivity contribution in [2.45, 2.75) is 12.5 Å². The van der Waals surface area contributed by atoms with Crippen LogP contribution in [0.4, 0.5) is 0 Å². The van der Waals surface area contributed by atoms with E-state index in [1.54, 1.807) is 0 Å². The number of carbonyl (C=O) groups is 1. The third-order valence-corrected chi connectivity index (χ3v) is 2.23. The summed E-state index contributed by atoms with van der Waals surface area (Å²) >= 11 is 0. The minimum atomic E-state index is 0.0960. The molecule has 0 radical (unpaired) electrons. The molecule has 1 aliphatic rings. The van der Waals surface area contributed by atoms with Crippen LogP contribution in [0.25, 0.3) is 0 Å². The average Bonchev–Trinajstić information content (AvgIpc) is 2.67. The monoisotopic (exact) mass is 177 g/mol. The molecular formula is C10H11NO2. The molecule has 0 unspecified atom stereocenters. The maximum atomic E-state index is 10.6. The predicted octanol–water partition coefficient (Wildman–Crippen LogP) is 1.52. The molecule has 1 aromatic carbocycles. The van der Waals surface area contributed by atoms with Gasteiger partial charge >= 0.3 is 0 Å². The predicted molar refractivity (Wildman–Crippen MR) is 47.7 cm³/mol. The van der Waals surface area contributed by atoms with Crippen molar-refractivity contribution in [3.05, 3.63) is 35.9 Å². The van der Waals surface area contributed by atoms with Crippen LogP contribution >= 0.6 is 0 Å². The van der Waals surface area contributed by atoms with Gasteiger partial charge in [0, 0.05) is 6.42 Å². The van der Waals surface area contributed by atoms with E-state index < -0.39 is 0 Å². The van der Waals surface area contributed by atoms with Crippen molar-refractivity contribution in [3.63, 3.8) is 0 Å². The fraction of sp³-hybridized carbons (Fsp3) is 0.300. The first kappa shape index (κ1) is 8.26. The number of nitrogens with zero attached hydrogens (tertiary/aromatic N) is 1. The van der Waals surface area contributed by atoms with E-state index in [1.807, 2.05) is 30.3 Å². The highest BCUT2D eigenvalue weighted by atomic mass is 16.7. The van der Waals surface area contributed by atoms with Gasteiger partial charge in [-0.2, -0.15) is 0 Å². The Hall–Kier alpha value is -1.35. The van der Waals surface area contributed by atoms with Gasteiger partial charge in [0.15, 0.2) is 0 Å². The van der Waals surface area contributed by atoms with Gasteiger partial charge in [-0.3, -0.25) is 9.63 Å². The highest BCUT2D eigenvalue weighted by Crippen LogP contribution is 2.28. The second-order valence-corrected chi connectivity index (χ2v) is 3.01. The van der Waals surface area contributed by atoms with Crippen molar-refractivity contribution < 1.29 is 9.63 Å². The van der Waals surface area contributed by atoms with Crippen LogP contribution in [0.1, 0.15) is 18.0 Å². The van der Waals surface area contributed by atoms with Crippen LogP contribution in [0.5, 0.6) is 0 Å². The lowest BCUT2D eigenvalue weighted by Crippen LogP contribution is -2.19. The smallest absolute Gasteiger partial charge is 0.233 e. The Kier molecular flexibility index (Phi) is 2.27. The summed E-state index contributed by atoms with van der Waals surface area (Å²) in [5.41, 5.74) is 1.13. The molecule has 1 saturated heterocycles. The van der Waals surface area contributed by atoms with Crippen LogP contribution < -0.4 is 0 Å². The average molecular weight is 177 g/mol. The van der Waals surface area contributed by atoms with Gasteiger partial charge in [-0.25, -0.2) is 5.06 Å². The molecule has 0 aliphatic carbocycles. The Bertz CT molecular complexity index is 286. The molecular weight excluding hydrogens is 166 g/mol. The van der Waals surface area contributed by atoms with E-state index >= 15 is 0 Å². The maximum absolute atomic E-state index is 10.6. The van der Waals surface area contributed by atoms with Crippen molar-refractivity contribution in [1.82, 2.24) is 5.06 Å². The van der Waals surface area contributed by atoms with Crippen LogP contribution in [0.15, 0.2) is 30.3 Å². The van der Waals surface area contributed by atoms with Crippen LogP contribution in [-0.4, -0.2) is 18.1 Å². The standard InChI is InChI=1S/C10H11NO2/c12-8-11-10(6-7-13-11)9-4-2-1-3-5-9/h1-5,8,10H,6-7H2/t10-/m0/s1. The highest BCUT2D eigenvalue weighted by molar-refractivity contribution is 5.47. The van der Waals surface area contributed by atoms with Gasteiger partial charge in [-0.15, -0.1) is 0 Å². The fourth-order valence-electron chi connectivity index (χ4n) is 1.58. The third-order valence-electron chi connectivity index (χ3n) is 2.23. The maximum Gasteiger partial charge on any atom is 0.233 e. The molecule has 1 amide bonds. The molecule has 1 fully saturated rings. The lowest BCUT2D eigenvalue weighted by Gasteiger charge is -2.17. The minimum absolute atomic E-state index is 0.0960. The van der Waals surface area contributed by atoms with Crippen LogP contribution in [0.2, 0.25) is 0 Å². The van der Waals surface area contributed by atoms with E-state index in [9.17, 15) is 4.79 Å². The summed E-state index contributed by atoms with van der Waals surface area (Å²) in [6.07, 6.45) is 1.62. The largest absolute Gasteiger partial charge is 0.276 e. The van der Waals surface area contributed by atoms with Gasteiger partial charge in [0.05, 0.1) is 12.6 Å². The normalized spacial score (nSPS) is 21.8. The molecule has 0 saturated carbocycles. The Labute approximate surface area is 76.9 Å². The molecule has 0 spiro atoms. The molecule has 1 aromatic rings. The van der Waals surface area contributed by atoms with E-state index in [1.165, 1.54) is 5.06 Å². The van der Waals surface area contributed by atoms with E-state index in [0.29, 0.717) is 6.61 Å². The molecule has 13 heavy (non-hydrogen) atoms. The number of amides is 1. The molecule has 1 atom stereocenters. The lowest BCUT2D eigenvalue weighted by atomic mass is 10.1. The first-order chi connectivity index (χ1) is 6.42. The Morgan fingerprint density at radius 1 is 1.38 bits per heavy atom. The summed E-state index contributed by atoms with van der Waals surface area (Å²) in [6.45, 7) is 0.623. The molecule has 3 heteroatoms. The summed E-state index contributed by atoms with van der Waals surface area (Å²) in [6, 6.07) is 10.0. The SMILES string of the molecule is O=CN1OCC[C@H]1c1ccccc1. The quantitative estimate of drug-likeness (QED) is 0.641. The Balaban J connectivity index is 2.21. The van der Waals surface area contributed by atoms with Crippen LogP contribution in [-0.2, 0) is 9.63 Å².